The van der Waals surface area contributed by atoms with Crippen LogP contribution in [0.15, 0.2) is 34.9 Å². The Morgan fingerprint density at radius 3 is 2.74 bits per heavy atom. The maximum atomic E-state index is 11.9. The van der Waals surface area contributed by atoms with E-state index in [4.69, 9.17) is 0 Å². The Hall–Kier alpha value is -1.01. The van der Waals surface area contributed by atoms with Gasteiger partial charge in [-0.05, 0) is 30.7 Å². The topological polar surface area (TPSA) is 14.2 Å². The fourth-order valence-electron chi connectivity index (χ4n) is 1.89. The molecule has 0 spiro atoms. The minimum Gasteiger partial charge on any atom is -0.372 e. The first-order valence-electron chi connectivity index (χ1n) is 5.84. The molecule has 2 rings (SSSR count). The van der Waals surface area contributed by atoms with Crippen molar-refractivity contribution in [1.29, 1.82) is 0 Å². The van der Waals surface area contributed by atoms with E-state index in [0.29, 0.717) is 13.0 Å². The van der Waals surface area contributed by atoms with Crippen molar-refractivity contribution in [2.75, 3.05) is 13.2 Å². The molecule has 0 saturated carbocycles. The average molecular weight is 336 g/mol. The predicted octanol–water partition coefficient (Wildman–Crippen LogP) is 4.37. The summed E-state index contributed by atoms with van der Waals surface area (Å²) in [5, 5.41) is 1.10. The van der Waals surface area contributed by atoms with Crippen molar-refractivity contribution in [3.05, 3.63) is 34.9 Å². The third-order valence-electron chi connectivity index (χ3n) is 2.69. The molecule has 0 amide bonds. The van der Waals surface area contributed by atoms with Gasteiger partial charge in [0.2, 0.25) is 0 Å². The summed E-state index contributed by atoms with van der Waals surface area (Å²) in [7, 11) is 0. The van der Waals surface area contributed by atoms with Gasteiger partial charge in [0.15, 0.2) is 0 Å². The van der Waals surface area contributed by atoms with Gasteiger partial charge in [-0.25, -0.2) is 0 Å². The Kier molecular flexibility index (Phi) is 4.52. The molecular formula is C13H13BrF3NO. The molecule has 19 heavy (non-hydrogen) atoms. The second-order valence-electron chi connectivity index (χ2n) is 4.23. The quantitative estimate of drug-likeness (QED) is 0.740. The number of aromatic nitrogens is 1. The van der Waals surface area contributed by atoms with Crippen LogP contribution in [-0.4, -0.2) is 24.0 Å². The summed E-state index contributed by atoms with van der Waals surface area (Å²) in [5.41, 5.74) is 1.07. The van der Waals surface area contributed by atoms with Crippen molar-refractivity contribution in [3.63, 3.8) is 0 Å². The predicted molar refractivity (Wildman–Crippen MR) is 71.1 cm³/mol. The van der Waals surface area contributed by atoms with Gasteiger partial charge in [0, 0.05) is 34.7 Å². The number of halogens is 4. The first-order valence-corrected chi connectivity index (χ1v) is 6.64. The molecule has 0 bridgehead atoms. The van der Waals surface area contributed by atoms with Crippen molar-refractivity contribution in [3.8, 4) is 0 Å². The van der Waals surface area contributed by atoms with Crippen LogP contribution in [0.4, 0.5) is 13.2 Å². The second-order valence-corrected chi connectivity index (χ2v) is 5.15. The molecule has 0 N–H and O–H groups in total. The normalized spacial score (nSPS) is 12.2. The van der Waals surface area contributed by atoms with Gasteiger partial charge in [0.1, 0.15) is 6.61 Å². The van der Waals surface area contributed by atoms with E-state index in [0.717, 1.165) is 15.4 Å². The van der Waals surface area contributed by atoms with Crippen molar-refractivity contribution < 1.29 is 17.9 Å². The van der Waals surface area contributed by atoms with E-state index in [9.17, 15) is 13.2 Å². The number of alkyl halides is 3. The largest absolute Gasteiger partial charge is 0.411 e. The lowest BCUT2D eigenvalue weighted by molar-refractivity contribution is -0.174. The van der Waals surface area contributed by atoms with Crippen molar-refractivity contribution >= 4 is 26.8 Å². The summed E-state index contributed by atoms with van der Waals surface area (Å²) >= 11 is 3.40. The summed E-state index contributed by atoms with van der Waals surface area (Å²) in [5.74, 6) is 0. The molecule has 104 valence electrons. The average Bonchev–Trinajstić information content (AvgIpc) is 2.69. The summed E-state index contributed by atoms with van der Waals surface area (Å²) in [6, 6.07) is 7.91. The molecule has 0 fully saturated rings. The number of nitrogens with zero attached hydrogens (tertiary/aromatic N) is 1. The van der Waals surface area contributed by atoms with Crippen LogP contribution < -0.4 is 0 Å². The molecule has 0 radical (unpaired) electrons. The number of hydrogen-bond donors (Lipinski definition) is 0. The van der Waals surface area contributed by atoms with E-state index in [2.05, 4.69) is 20.7 Å². The first kappa shape index (κ1) is 14.4. The van der Waals surface area contributed by atoms with Crippen molar-refractivity contribution in [2.45, 2.75) is 19.1 Å². The zero-order chi connectivity index (χ0) is 13.9. The number of rotatable bonds is 5. The van der Waals surface area contributed by atoms with Gasteiger partial charge in [0.05, 0.1) is 0 Å². The Bertz CT molecular complexity index is 550. The minimum absolute atomic E-state index is 0.107. The van der Waals surface area contributed by atoms with Crippen LogP contribution in [0, 0.1) is 0 Å². The molecule has 1 aromatic carbocycles. The highest BCUT2D eigenvalue weighted by molar-refractivity contribution is 9.10. The molecule has 1 aromatic heterocycles. The minimum atomic E-state index is -4.24. The van der Waals surface area contributed by atoms with Crippen LogP contribution in [0.1, 0.15) is 6.42 Å². The summed E-state index contributed by atoms with van der Waals surface area (Å²) in [6.45, 7) is -0.426. The number of fused-ring (bicyclic) bond motifs is 1. The standard InChI is InChI=1S/C13H13BrF3NO/c14-11-2-3-12-10(8-11)4-6-18(12)5-1-7-19-9-13(15,16)17/h2-4,6,8H,1,5,7,9H2. The van der Waals surface area contributed by atoms with Gasteiger partial charge in [-0.3, -0.25) is 0 Å². The van der Waals surface area contributed by atoms with Gasteiger partial charge in [-0.1, -0.05) is 15.9 Å². The highest BCUT2D eigenvalue weighted by Gasteiger charge is 2.27. The zero-order valence-electron chi connectivity index (χ0n) is 10.1. The van der Waals surface area contributed by atoms with Gasteiger partial charge in [-0.2, -0.15) is 13.2 Å². The second kappa shape index (κ2) is 5.96. The SMILES string of the molecule is FC(F)(F)COCCCn1ccc2cc(Br)ccc21. The van der Waals surface area contributed by atoms with Crippen molar-refractivity contribution in [2.24, 2.45) is 0 Å². The van der Waals surface area contributed by atoms with E-state index < -0.39 is 12.8 Å². The molecular weight excluding hydrogens is 323 g/mol. The highest BCUT2D eigenvalue weighted by Crippen LogP contribution is 2.21. The Morgan fingerprint density at radius 2 is 2.00 bits per heavy atom. The van der Waals surface area contributed by atoms with E-state index in [1.54, 1.807) is 0 Å². The van der Waals surface area contributed by atoms with E-state index in [1.165, 1.54) is 0 Å². The van der Waals surface area contributed by atoms with Crippen LogP contribution in [-0.2, 0) is 11.3 Å². The third-order valence-corrected chi connectivity index (χ3v) is 3.18. The molecule has 0 aliphatic heterocycles. The lowest BCUT2D eigenvalue weighted by Crippen LogP contribution is -2.17. The van der Waals surface area contributed by atoms with Gasteiger partial charge in [0.25, 0.3) is 0 Å². The van der Waals surface area contributed by atoms with Crippen LogP contribution in [0.2, 0.25) is 0 Å². The fraction of sp³-hybridized carbons (Fsp3) is 0.385. The fourth-order valence-corrected chi connectivity index (χ4v) is 2.27. The smallest absolute Gasteiger partial charge is 0.372 e. The van der Waals surface area contributed by atoms with Crippen LogP contribution in [0.25, 0.3) is 10.9 Å². The molecule has 0 aliphatic rings. The maximum absolute atomic E-state index is 11.9. The monoisotopic (exact) mass is 335 g/mol. The third kappa shape index (κ3) is 4.24. The maximum Gasteiger partial charge on any atom is 0.411 e. The molecule has 2 aromatic rings. The number of ether oxygens (including phenoxy) is 1. The lowest BCUT2D eigenvalue weighted by atomic mass is 10.2. The Labute approximate surface area is 117 Å². The lowest BCUT2D eigenvalue weighted by Gasteiger charge is -2.08. The summed E-state index contributed by atoms with van der Waals surface area (Å²) in [4.78, 5) is 0. The van der Waals surface area contributed by atoms with Crippen LogP contribution >= 0.6 is 15.9 Å². The number of benzene rings is 1. The van der Waals surface area contributed by atoms with Crippen molar-refractivity contribution in [1.82, 2.24) is 4.57 Å². The van der Waals surface area contributed by atoms with Gasteiger partial charge in [-0.15, -0.1) is 0 Å². The van der Waals surface area contributed by atoms with E-state index in [-0.39, 0.29) is 6.61 Å². The molecule has 0 unspecified atom stereocenters. The summed E-state index contributed by atoms with van der Waals surface area (Å²) < 4.78 is 43.2. The van der Waals surface area contributed by atoms with Gasteiger partial charge < -0.3 is 9.30 Å². The molecule has 0 atom stereocenters. The Balaban J connectivity index is 1.85. The van der Waals surface area contributed by atoms with E-state index >= 15 is 0 Å². The number of hydrogen-bond acceptors (Lipinski definition) is 1. The van der Waals surface area contributed by atoms with Crippen LogP contribution in [0.5, 0.6) is 0 Å². The Morgan fingerprint density at radius 1 is 1.21 bits per heavy atom. The summed E-state index contributed by atoms with van der Waals surface area (Å²) in [6.07, 6.45) is -1.76. The highest BCUT2D eigenvalue weighted by atomic mass is 79.9. The van der Waals surface area contributed by atoms with Crippen LogP contribution in [0.3, 0.4) is 0 Å². The number of aryl methyl sites for hydroxylation is 1. The molecule has 6 heteroatoms. The zero-order valence-corrected chi connectivity index (χ0v) is 11.7. The molecule has 0 saturated heterocycles. The van der Waals surface area contributed by atoms with E-state index in [1.807, 2.05) is 35.0 Å². The molecule has 2 nitrogen and oxygen atoms in total. The molecule has 0 aliphatic carbocycles. The van der Waals surface area contributed by atoms with Gasteiger partial charge >= 0.3 is 6.18 Å². The molecule has 1 heterocycles. The first-order chi connectivity index (χ1) is 8.96.